The maximum atomic E-state index is 13.7. The number of aryl methyl sites for hydroxylation is 2. The minimum Gasteiger partial charge on any atom is -0.495 e. The van der Waals surface area contributed by atoms with E-state index in [0.717, 1.165) is 11.1 Å². The quantitative estimate of drug-likeness (QED) is 0.420. The number of carbonyl (C=O) groups is 2. The van der Waals surface area contributed by atoms with Gasteiger partial charge in [0.2, 0.25) is 11.9 Å². The summed E-state index contributed by atoms with van der Waals surface area (Å²) in [6.07, 6.45) is -3.78. The van der Waals surface area contributed by atoms with E-state index in [0.29, 0.717) is 17.6 Å². The molecule has 0 aliphatic carbocycles. The number of halogens is 3. The van der Waals surface area contributed by atoms with E-state index in [4.69, 9.17) is 9.84 Å². The molecule has 3 aromatic rings. The molecule has 0 fully saturated rings. The summed E-state index contributed by atoms with van der Waals surface area (Å²) in [5, 5.41) is 14.8. The zero-order valence-electron chi connectivity index (χ0n) is 19.7. The number of rotatable bonds is 7. The minimum absolute atomic E-state index is 0.0160. The number of hydrogen-bond acceptors (Lipinski definition) is 6. The van der Waals surface area contributed by atoms with Gasteiger partial charge < -0.3 is 20.5 Å². The molecular weight excluding hydrogens is 477 g/mol. The summed E-state index contributed by atoms with van der Waals surface area (Å²) in [5.41, 5.74) is 0.465. The second kappa shape index (κ2) is 9.14. The summed E-state index contributed by atoms with van der Waals surface area (Å²) in [4.78, 5) is 31.5. The Morgan fingerprint density at radius 3 is 2.61 bits per heavy atom. The Balaban J connectivity index is 1.66. The highest BCUT2D eigenvalue weighted by Crippen LogP contribution is 2.40. The number of hydrogen-bond donors (Lipinski definition) is 3. The van der Waals surface area contributed by atoms with Crippen LogP contribution in [-0.2, 0) is 29.2 Å². The Bertz CT molecular complexity index is 1360. The van der Waals surface area contributed by atoms with Crippen molar-refractivity contribution in [3.63, 3.8) is 0 Å². The largest absolute Gasteiger partial charge is 0.495 e. The standard InChI is InChI=1S/C25H23F3N4O4/c1-24(2)20-13(5-4-6-18(20)30-22(24)35)7-9-16-15(25(26,27)28)12-29-23(31-16)32-17-10-8-14(21(33)34)11-19(17)36-3/h4-6,8,10-12H,7,9H2,1-3H3,(H,30,35)(H,33,34)(H,29,31,32). The van der Waals surface area contributed by atoms with Crippen molar-refractivity contribution in [3.8, 4) is 5.75 Å². The van der Waals surface area contributed by atoms with Crippen molar-refractivity contribution in [2.24, 2.45) is 0 Å². The smallest absolute Gasteiger partial charge is 0.419 e. The van der Waals surface area contributed by atoms with Gasteiger partial charge in [-0.2, -0.15) is 13.2 Å². The summed E-state index contributed by atoms with van der Waals surface area (Å²) in [5.74, 6) is -1.26. The van der Waals surface area contributed by atoms with Gasteiger partial charge in [0.1, 0.15) is 5.75 Å². The lowest BCUT2D eigenvalue weighted by Crippen LogP contribution is -2.27. The molecule has 0 radical (unpaired) electrons. The van der Waals surface area contributed by atoms with E-state index in [1.807, 2.05) is 0 Å². The number of aromatic nitrogens is 2. The average molecular weight is 500 g/mol. The van der Waals surface area contributed by atoms with Gasteiger partial charge in [0.15, 0.2) is 0 Å². The SMILES string of the molecule is COc1cc(C(=O)O)ccc1Nc1ncc(C(F)(F)F)c(CCc2cccc3c2C(C)(C)C(=O)N3)n1. The number of carboxylic acid groups (broad SMARTS) is 1. The predicted molar refractivity (Wildman–Crippen MR) is 126 cm³/mol. The Morgan fingerprint density at radius 1 is 1.19 bits per heavy atom. The third-order valence-corrected chi connectivity index (χ3v) is 6.09. The van der Waals surface area contributed by atoms with Crippen LogP contribution in [0.4, 0.5) is 30.5 Å². The van der Waals surface area contributed by atoms with Crippen LogP contribution in [0.2, 0.25) is 0 Å². The van der Waals surface area contributed by atoms with E-state index in [9.17, 15) is 22.8 Å². The summed E-state index contributed by atoms with van der Waals surface area (Å²) in [7, 11) is 1.34. The highest BCUT2D eigenvalue weighted by molar-refractivity contribution is 6.06. The molecule has 1 aliphatic rings. The summed E-state index contributed by atoms with van der Waals surface area (Å²) < 4.78 is 46.4. The molecule has 1 aromatic heterocycles. The van der Waals surface area contributed by atoms with Crippen LogP contribution in [0.25, 0.3) is 0 Å². The first-order valence-corrected chi connectivity index (χ1v) is 11.0. The number of methoxy groups -OCH3 is 1. The molecule has 36 heavy (non-hydrogen) atoms. The second-order valence-electron chi connectivity index (χ2n) is 8.82. The first-order chi connectivity index (χ1) is 16.9. The topological polar surface area (TPSA) is 113 Å². The number of anilines is 3. The highest BCUT2D eigenvalue weighted by atomic mass is 19.4. The van der Waals surface area contributed by atoms with E-state index in [2.05, 4.69) is 20.6 Å². The fraction of sp³-hybridized carbons (Fsp3) is 0.280. The summed E-state index contributed by atoms with van der Waals surface area (Å²) in [6.45, 7) is 3.54. The zero-order valence-corrected chi connectivity index (χ0v) is 19.7. The molecule has 2 aromatic carbocycles. The lowest BCUT2D eigenvalue weighted by Gasteiger charge is -2.20. The maximum Gasteiger partial charge on any atom is 0.419 e. The first-order valence-electron chi connectivity index (χ1n) is 11.0. The van der Waals surface area contributed by atoms with Crippen molar-refractivity contribution in [1.82, 2.24) is 9.97 Å². The molecule has 8 nitrogen and oxygen atoms in total. The number of ether oxygens (including phenoxy) is 1. The van der Waals surface area contributed by atoms with E-state index in [1.165, 1.54) is 25.3 Å². The Kier molecular flexibility index (Phi) is 6.33. The lowest BCUT2D eigenvalue weighted by atomic mass is 9.82. The van der Waals surface area contributed by atoms with Gasteiger partial charge in [0.05, 0.1) is 35.0 Å². The average Bonchev–Trinajstić information content (AvgIpc) is 3.05. The molecule has 0 atom stereocenters. The van der Waals surface area contributed by atoms with Gasteiger partial charge in [0.25, 0.3) is 0 Å². The van der Waals surface area contributed by atoms with E-state index >= 15 is 0 Å². The Labute approximate surface area is 204 Å². The number of fused-ring (bicyclic) bond motifs is 1. The number of carbonyl (C=O) groups excluding carboxylic acids is 1. The number of aromatic carboxylic acids is 1. The fourth-order valence-electron chi connectivity index (χ4n) is 4.25. The van der Waals surface area contributed by atoms with Gasteiger partial charge in [-0.15, -0.1) is 0 Å². The molecule has 11 heteroatoms. The first kappa shape index (κ1) is 25.0. The normalized spacial score (nSPS) is 14.2. The van der Waals surface area contributed by atoms with Gasteiger partial charge in [-0.1, -0.05) is 12.1 Å². The van der Waals surface area contributed by atoms with Crippen molar-refractivity contribution < 1.29 is 32.6 Å². The maximum absolute atomic E-state index is 13.7. The molecular formula is C25H23F3N4O4. The number of amides is 1. The number of nitrogens with zero attached hydrogens (tertiary/aromatic N) is 2. The number of benzene rings is 2. The molecule has 3 N–H and O–H groups in total. The van der Waals surface area contributed by atoms with Gasteiger partial charge in [-0.3, -0.25) is 4.79 Å². The van der Waals surface area contributed by atoms with E-state index in [1.54, 1.807) is 32.0 Å². The van der Waals surface area contributed by atoms with Crippen molar-refractivity contribution >= 4 is 29.2 Å². The van der Waals surface area contributed by atoms with Crippen LogP contribution in [0, 0.1) is 0 Å². The zero-order chi connectivity index (χ0) is 26.3. The minimum atomic E-state index is -4.66. The number of nitrogens with one attached hydrogen (secondary N) is 2. The van der Waals surface area contributed by atoms with E-state index < -0.39 is 23.1 Å². The lowest BCUT2D eigenvalue weighted by molar-refractivity contribution is -0.138. The van der Waals surface area contributed by atoms with Crippen LogP contribution in [-0.4, -0.2) is 34.1 Å². The van der Waals surface area contributed by atoms with Crippen LogP contribution in [0.3, 0.4) is 0 Å². The van der Waals surface area contributed by atoms with Crippen LogP contribution in [0.15, 0.2) is 42.6 Å². The highest BCUT2D eigenvalue weighted by Gasteiger charge is 2.40. The van der Waals surface area contributed by atoms with Crippen LogP contribution < -0.4 is 15.4 Å². The van der Waals surface area contributed by atoms with Crippen LogP contribution >= 0.6 is 0 Å². The van der Waals surface area contributed by atoms with Crippen LogP contribution in [0.5, 0.6) is 5.75 Å². The van der Waals surface area contributed by atoms with Crippen LogP contribution in [0.1, 0.15) is 46.6 Å². The molecule has 0 unspecified atom stereocenters. The number of carboxylic acids is 1. The predicted octanol–water partition coefficient (Wildman–Crippen LogP) is 4.96. The van der Waals surface area contributed by atoms with Crippen molar-refractivity contribution in [3.05, 3.63) is 70.5 Å². The fourth-order valence-corrected chi connectivity index (χ4v) is 4.25. The van der Waals surface area contributed by atoms with Crippen molar-refractivity contribution in [2.45, 2.75) is 38.3 Å². The van der Waals surface area contributed by atoms with Crippen molar-refractivity contribution in [2.75, 3.05) is 17.7 Å². The molecule has 1 aliphatic heterocycles. The molecule has 4 rings (SSSR count). The summed E-state index contributed by atoms with van der Waals surface area (Å²) in [6, 6.07) is 9.34. The monoisotopic (exact) mass is 500 g/mol. The molecule has 1 amide bonds. The Hall–Kier alpha value is -4.15. The molecule has 188 valence electrons. The molecule has 0 saturated heterocycles. The second-order valence-corrected chi connectivity index (χ2v) is 8.82. The molecule has 0 saturated carbocycles. The number of alkyl halides is 3. The third-order valence-electron chi connectivity index (χ3n) is 6.09. The van der Waals surface area contributed by atoms with E-state index in [-0.39, 0.29) is 41.7 Å². The summed E-state index contributed by atoms with van der Waals surface area (Å²) >= 11 is 0. The molecule has 2 heterocycles. The van der Waals surface area contributed by atoms with Gasteiger partial charge in [-0.05, 0) is 62.1 Å². The molecule has 0 bridgehead atoms. The van der Waals surface area contributed by atoms with Crippen molar-refractivity contribution in [1.29, 1.82) is 0 Å². The molecule has 0 spiro atoms. The Morgan fingerprint density at radius 2 is 1.94 bits per heavy atom. The van der Waals surface area contributed by atoms with Gasteiger partial charge in [0, 0.05) is 11.9 Å². The third kappa shape index (κ3) is 4.68. The van der Waals surface area contributed by atoms with Gasteiger partial charge >= 0.3 is 12.1 Å². The van der Waals surface area contributed by atoms with Gasteiger partial charge in [-0.25, -0.2) is 14.8 Å².